The van der Waals surface area contributed by atoms with Crippen LogP contribution in [0.25, 0.3) is 11.5 Å². The van der Waals surface area contributed by atoms with Gasteiger partial charge in [-0.3, -0.25) is 10.1 Å². The molecule has 4 rings (SSSR count). The van der Waals surface area contributed by atoms with E-state index in [9.17, 15) is 10.1 Å². The third-order valence-electron chi connectivity index (χ3n) is 4.74. The SMILES string of the molecule is Cl.NC1(c2noc(-c3cc([N+](=O)[O-])ccc3Oc3ccccc3)n2)CCCC1. The maximum Gasteiger partial charge on any atom is 0.270 e. The molecule has 1 heterocycles. The van der Waals surface area contributed by atoms with Crippen LogP contribution >= 0.6 is 12.4 Å². The molecule has 0 aliphatic heterocycles. The van der Waals surface area contributed by atoms with E-state index in [0.717, 1.165) is 25.7 Å². The Labute approximate surface area is 167 Å². The average molecular weight is 403 g/mol. The Morgan fingerprint density at radius 2 is 1.86 bits per heavy atom. The van der Waals surface area contributed by atoms with Crippen molar-refractivity contribution in [2.24, 2.45) is 5.73 Å². The Bertz CT molecular complexity index is 971. The van der Waals surface area contributed by atoms with Crippen molar-refractivity contribution in [3.05, 3.63) is 64.5 Å². The van der Waals surface area contributed by atoms with Crippen LogP contribution < -0.4 is 10.5 Å². The lowest BCUT2D eigenvalue weighted by Crippen LogP contribution is -2.34. The Kier molecular flexibility index (Phi) is 5.62. The van der Waals surface area contributed by atoms with E-state index in [1.807, 2.05) is 18.2 Å². The second-order valence-corrected chi connectivity index (χ2v) is 6.64. The fourth-order valence-electron chi connectivity index (χ4n) is 3.27. The van der Waals surface area contributed by atoms with Gasteiger partial charge in [0.25, 0.3) is 11.6 Å². The Balaban J connectivity index is 0.00000225. The molecule has 0 radical (unpaired) electrons. The molecule has 9 heteroatoms. The predicted octanol–water partition coefficient (Wildman–Crippen LogP) is 4.59. The number of hydrogen-bond donors (Lipinski definition) is 1. The number of non-ortho nitro benzene ring substituents is 1. The molecule has 2 aromatic carbocycles. The Hall–Kier alpha value is -2.97. The van der Waals surface area contributed by atoms with Gasteiger partial charge in [-0.25, -0.2) is 0 Å². The molecular weight excluding hydrogens is 384 g/mol. The number of rotatable bonds is 5. The number of nitrogens with zero attached hydrogens (tertiary/aromatic N) is 3. The highest BCUT2D eigenvalue weighted by atomic mass is 35.5. The molecule has 8 nitrogen and oxygen atoms in total. The predicted molar refractivity (Wildman–Crippen MR) is 104 cm³/mol. The first-order chi connectivity index (χ1) is 13.0. The van der Waals surface area contributed by atoms with Gasteiger partial charge in [0.05, 0.1) is 16.0 Å². The molecule has 3 aromatic rings. The maximum atomic E-state index is 11.2. The number of hydrogen-bond acceptors (Lipinski definition) is 7. The third kappa shape index (κ3) is 3.83. The van der Waals surface area contributed by atoms with Gasteiger partial charge >= 0.3 is 0 Å². The Morgan fingerprint density at radius 3 is 2.54 bits per heavy atom. The maximum absolute atomic E-state index is 11.2. The molecule has 146 valence electrons. The van der Waals surface area contributed by atoms with Crippen LogP contribution in [0.15, 0.2) is 53.1 Å². The fourth-order valence-corrected chi connectivity index (χ4v) is 3.27. The van der Waals surface area contributed by atoms with E-state index >= 15 is 0 Å². The van der Waals surface area contributed by atoms with Gasteiger partial charge in [-0.2, -0.15) is 4.98 Å². The van der Waals surface area contributed by atoms with E-state index in [0.29, 0.717) is 22.9 Å². The minimum absolute atomic E-state index is 0. The number of halogens is 1. The van der Waals surface area contributed by atoms with E-state index in [1.165, 1.54) is 18.2 Å². The molecule has 0 spiro atoms. The van der Waals surface area contributed by atoms with Crippen LogP contribution in [-0.2, 0) is 5.54 Å². The monoisotopic (exact) mass is 402 g/mol. The summed E-state index contributed by atoms with van der Waals surface area (Å²) in [6, 6.07) is 13.4. The lowest BCUT2D eigenvalue weighted by atomic mass is 9.98. The smallest absolute Gasteiger partial charge is 0.270 e. The van der Waals surface area contributed by atoms with Gasteiger partial charge in [-0.05, 0) is 31.0 Å². The van der Waals surface area contributed by atoms with Crippen LogP contribution in [-0.4, -0.2) is 15.1 Å². The van der Waals surface area contributed by atoms with E-state index in [1.54, 1.807) is 12.1 Å². The van der Waals surface area contributed by atoms with Gasteiger partial charge in [0, 0.05) is 12.1 Å². The van der Waals surface area contributed by atoms with E-state index in [-0.39, 0.29) is 24.0 Å². The molecule has 0 unspecified atom stereocenters. The van der Waals surface area contributed by atoms with Crippen LogP contribution in [0.1, 0.15) is 31.5 Å². The number of nitro benzene ring substituents is 1. The minimum Gasteiger partial charge on any atom is -0.457 e. The number of aromatic nitrogens is 2. The number of ether oxygens (including phenoxy) is 1. The van der Waals surface area contributed by atoms with Gasteiger partial charge in [0.1, 0.15) is 11.5 Å². The van der Waals surface area contributed by atoms with Crippen LogP contribution in [0.2, 0.25) is 0 Å². The Morgan fingerprint density at radius 1 is 1.14 bits per heavy atom. The van der Waals surface area contributed by atoms with Crippen LogP contribution in [0.5, 0.6) is 11.5 Å². The van der Waals surface area contributed by atoms with Gasteiger partial charge < -0.3 is 15.0 Å². The van der Waals surface area contributed by atoms with Crippen LogP contribution in [0.4, 0.5) is 5.69 Å². The van der Waals surface area contributed by atoms with Crippen LogP contribution in [0.3, 0.4) is 0 Å². The lowest BCUT2D eigenvalue weighted by molar-refractivity contribution is -0.384. The van der Waals surface area contributed by atoms with E-state index < -0.39 is 10.5 Å². The summed E-state index contributed by atoms with van der Waals surface area (Å²) in [5.41, 5.74) is 6.04. The molecule has 0 bridgehead atoms. The van der Waals surface area contributed by atoms with Crippen molar-refractivity contribution in [3.8, 4) is 23.0 Å². The fraction of sp³-hybridized carbons (Fsp3) is 0.263. The van der Waals surface area contributed by atoms with Crippen molar-refractivity contribution in [3.63, 3.8) is 0 Å². The summed E-state index contributed by atoms with van der Waals surface area (Å²) >= 11 is 0. The van der Waals surface area contributed by atoms with Crippen molar-refractivity contribution >= 4 is 18.1 Å². The molecule has 1 aromatic heterocycles. The molecule has 0 saturated heterocycles. The highest BCUT2D eigenvalue weighted by Gasteiger charge is 2.36. The molecule has 1 aliphatic carbocycles. The first-order valence-electron chi connectivity index (χ1n) is 8.70. The van der Waals surface area contributed by atoms with Gasteiger partial charge in [0.15, 0.2) is 5.82 Å². The molecular formula is C19H19ClN4O4. The van der Waals surface area contributed by atoms with Crippen molar-refractivity contribution in [2.45, 2.75) is 31.2 Å². The summed E-state index contributed by atoms with van der Waals surface area (Å²) in [6.45, 7) is 0. The first kappa shape index (κ1) is 19.8. The van der Waals surface area contributed by atoms with Crippen molar-refractivity contribution in [1.82, 2.24) is 10.1 Å². The summed E-state index contributed by atoms with van der Waals surface area (Å²) in [5.74, 6) is 1.56. The second kappa shape index (κ2) is 7.95. The zero-order valence-corrected chi connectivity index (χ0v) is 15.7. The van der Waals surface area contributed by atoms with Crippen molar-refractivity contribution < 1.29 is 14.2 Å². The normalized spacial score (nSPS) is 15.0. The summed E-state index contributed by atoms with van der Waals surface area (Å²) in [4.78, 5) is 15.2. The summed E-state index contributed by atoms with van der Waals surface area (Å²) in [6.07, 6.45) is 3.60. The minimum atomic E-state index is -0.608. The van der Waals surface area contributed by atoms with Gasteiger partial charge in [0.2, 0.25) is 0 Å². The van der Waals surface area contributed by atoms with E-state index in [2.05, 4.69) is 10.1 Å². The molecule has 1 fully saturated rings. The number of nitro groups is 1. The first-order valence-corrected chi connectivity index (χ1v) is 8.70. The number of para-hydroxylation sites is 1. The summed E-state index contributed by atoms with van der Waals surface area (Å²) in [7, 11) is 0. The van der Waals surface area contributed by atoms with E-state index in [4.69, 9.17) is 15.0 Å². The molecule has 28 heavy (non-hydrogen) atoms. The van der Waals surface area contributed by atoms with Gasteiger partial charge in [-0.15, -0.1) is 12.4 Å². The van der Waals surface area contributed by atoms with Crippen molar-refractivity contribution in [2.75, 3.05) is 0 Å². The zero-order chi connectivity index (χ0) is 18.9. The molecule has 1 aliphatic rings. The molecule has 0 atom stereocenters. The largest absolute Gasteiger partial charge is 0.457 e. The van der Waals surface area contributed by atoms with Crippen molar-refractivity contribution in [1.29, 1.82) is 0 Å². The topological polar surface area (TPSA) is 117 Å². The van der Waals surface area contributed by atoms with Crippen LogP contribution in [0, 0.1) is 10.1 Å². The average Bonchev–Trinajstić information content (AvgIpc) is 3.33. The molecule has 1 saturated carbocycles. The molecule has 0 amide bonds. The second-order valence-electron chi connectivity index (χ2n) is 6.64. The molecule has 2 N–H and O–H groups in total. The number of nitrogens with two attached hydrogens (primary N) is 1. The quantitative estimate of drug-likeness (QED) is 0.489. The van der Waals surface area contributed by atoms with Gasteiger partial charge in [-0.1, -0.05) is 36.2 Å². The zero-order valence-electron chi connectivity index (χ0n) is 14.9. The lowest BCUT2D eigenvalue weighted by Gasteiger charge is -2.17. The highest BCUT2D eigenvalue weighted by Crippen LogP contribution is 2.38. The standard InChI is InChI=1S/C19H18N4O4.ClH/c20-19(10-4-5-11-19)18-21-17(27-22-18)15-12-13(23(24)25)8-9-16(15)26-14-6-2-1-3-7-14;/h1-3,6-9,12H,4-5,10-11,20H2;1H. The number of benzene rings is 2. The highest BCUT2D eigenvalue weighted by molar-refractivity contribution is 5.85. The summed E-state index contributed by atoms with van der Waals surface area (Å²) in [5, 5.41) is 15.2. The third-order valence-corrected chi connectivity index (χ3v) is 4.74. The summed E-state index contributed by atoms with van der Waals surface area (Å²) < 4.78 is 11.3.